The van der Waals surface area contributed by atoms with Gasteiger partial charge in [-0.3, -0.25) is 4.79 Å². The number of carbonyl (C=O) groups is 2. The fraction of sp³-hybridized carbons (Fsp3) is 0.905. The molecule has 0 radical (unpaired) electrons. The van der Waals surface area contributed by atoms with Gasteiger partial charge < -0.3 is 24.0 Å². The van der Waals surface area contributed by atoms with Gasteiger partial charge in [0.15, 0.2) is 0 Å². The maximum atomic E-state index is 11.8. The summed E-state index contributed by atoms with van der Waals surface area (Å²) in [5.74, 6) is -0.131. The maximum absolute atomic E-state index is 11.8. The van der Waals surface area contributed by atoms with Gasteiger partial charge in [0, 0.05) is 13.0 Å². The molecule has 0 spiro atoms. The molecule has 0 unspecified atom stereocenters. The molecule has 0 aromatic carbocycles. The molecule has 0 aromatic heterocycles. The number of nitrogens with zero attached hydrogens (tertiary/aromatic N) is 2. The molecule has 0 heterocycles. The molecular formula is C21H42N2O5. The van der Waals surface area contributed by atoms with Crippen LogP contribution >= 0.6 is 0 Å². The SMILES string of the molecule is CCN(CCCC(=O)OC(C)(C)C)CCCN(C)CCOC(=O)OC(C)(C)C. The van der Waals surface area contributed by atoms with Gasteiger partial charge in [0.25, 0.3) is 0 Å². The van der Waals surface area contributed by atoms with Crippen molar-refractivity contribution in [3.05, 3.63) is 0 Å². The van der Waals surface area contributed by atoms with Gasteiger partial charge >= 0.3 is 12.1 Å². The van der Waals surface area contributed by atoms with Crippen LogP contribution in [0.4, 0.5) is 4.79 Å². The van der Waals surface area contributed by atoms with Crippen LogP contribution in [0, 0.1) is 0 Å². The van der Waals surface area contributed by atoms with Crippen molar-refractivity contribution in [3.8, 4) is 0 Å². The molecule has 0 aliphatic carbocycles. The molecule has 166 valence electrons. The molecule has 0 bridgehead atoms. The summed E-state index contributed by atoms with van der Waals surface area (Å²) >= 11 is 0. The van der Waals surface area contributed by atoms with Crippen LogP contribution in [0.15, 0.2) is 0 Å². The van der Waals surface area contributed by atoms with Gasteiger partial charge in [-0.15, -0.1) is 0 Å². The summed E-state index contributed by atoms with van der Waals surface area (Å²) in [7, 11) is 2.01. The first kappa shape index (κ1) is 26.7. The van der Waals surface area contributed by atoms with Crippen LogP contribution in [0.3, 0.4) is 0 Å². The molecule has 0 aliphatic heterocycles. The molecule has 0 N–H and O–H groups in total. The smallest absolute Gasteiger partial charge is 0.460 e. The van der Waals surface area contributed by atoms with Crippen molar-refractivity contribution in [2.75, 3.05) is 46.4 Å². The molecule has 7 heteroatoms. The van der Waals surface area contributed by atoms with Crippen molar-refractivity contribution in [2.45, 2.75) is 78.9 Å². The van der Waals surface area contributed by atoms with E-state index < -0.39 is 17.4 Å². The molecule has 0 saturated carbocycles. The molecule has 28 heavy (non-hydrogen) atoms. The predicted octanol–water partition coefficient (Wildman–Crippen LogP) is 3.70. The standard InChI is InChI=1S/C21H42N2O5/c1-9-23(14-10-12-18(24)27-20(2,3)4)15-11-13-22(8)16-17-26-19(25)28-21(5,6)7/h9-17H2,1-8H3. The summed E-state index contributed by atoms with van der Waals surface area (Å²) in [5.41, 5.74) is -0.949. The molecule has 0 atom stereocenters. The lowest BCUT2D eigenvalue weighted by Crippen LogP contribution is -2.32. The van der Waals surface area contributed by atoms with Gasteiger partial charge in [0.2, 0.25) is 0 Å². The molecule has 0 rings (SSSR count). The van der Waals surface area contributed by atoms with Gasteiger partial charge in [-0.2, -0.15) is 0 Å². The topological polar surface area (TPSA) is 68.3 Å². The van der Waals surface area contributed by atoms with Crippen LogP contribution < -0.4 is 0 Å². The first-order valence-electron chi connectivity index (χ1n) is 10.3. The monoisotopic (exact) mass is 402 g/mol. The average Bonchev–Trinajstić information content (AvgIpc) is 2.49. The third kappa shape index (κ3) is 16.8. The molecule has 7 nitrogen and oxygen atoms in total. The van der Waals surface area contributed by atoms with Crippen molar-refractivity contribution in [1.29, 1.82) is 0 Å². The average molecular weight is 403 g/mol. The van der Waals surface area contributed by atoms with E-state index in [1.807, 2.05) is 48.6 Å². The number of esters is 1. The summed E-state index contributed by atoms with van der Waals surface area (Å²) in [5, 5.41) is 0. The zero-order valence-corrected chi connectivity index (χ0v) is 19.3. The second kappa shape index (κ2) is 13.0. The predicted molar refractivity (Wildman–Crippen MR) is 111 cm³/mol. The van der Waals surface area contributed by atoms with Crippen LogP contribution in [0.5, 0.6) is 0 Å². The van der Waals surface area contributed by atoms with E-state index in [0.29, 0.717) is 19.6 Å². The van der Waals surface area contributed by atoms with Gasteiger partial charge in [-0.25, -0.2) is 4.79 Å². The Labute approximate surface area is 171 Å². The summed E-state index contributed by atoms with van der Waals surface area (Å²) < 4.78 is 15.5. The minimum absolute atomic E-state index is 0.131. The third-order valence-corrected chi connectivity index (χ3v) is 3.82. The Balaban J connectivity index is 3.87. The summed E-state index contributed by atoms with van der Waals surface area (Å²) in [4.78, 5) is 27.7. The fourth-order valence-electron chi connectivity index (χ4n) is 2.51. The Hall–Kier alpha value is -1.34. The number of carbonyl (C=O) groups excluding carboxylic acids is 2. The van der Waals surface area contributed by atoms with Crippen LogP contribution in [0.1, 0.15) is 67.7 Å². The lowest BCUT2D eigenvalue weighted by molar-refractivity contribution is -0.155. The van der Waals surface area contributed by atoms with Gasteiger partial charge in [0.05, 0.1) is 0 Å². The highest BCUT2D eigenvalue weighted by Crippen LogP contribution is 2.10. The quantitative estimate of drug-likeness (QED) is 0.461. The first-order chi connectivity index (χ1) is 12.8. The number of rotatable bonds is 12. The van der Waals surface area contributed by atoms with E-state index in [4.69, 9.17) is 14.2 Å². The second-order valence-corrected chi connectivity index (χ2v) is 9.09. The molecular weight excluding hydrogens is 360 g/mol. The Morgan fingerprint density at radius 2 is 1.39 bits per heavy atom. The van der Waals surface area contributed by atoms with Gasteiger partial charge in [-0.1, -0.05) is 6.92 Å². The zero-order chi connectivity index (χ0) is 21.8. The molecule has 0 fully saturated rings. The van der Waals surface area contributed by atoms with Crippen LogP contribution in [-0.4, -0.2) is 79.5 Å². The van der Waals surface area contributed by atoms with Crippen LogP contribution in [0.2, 0.25) is 0 Å². The van der Waals surface area contributed by atoms with E-state index in [2.05, 4.69) is 16.7 Å². The van der Waals surface area contributed by atoms with E-state index >= 15 is 0 Å². The Morgan fingerprint density at radius 3 is 1.93 bits per heavy atom. The Bertz CT molecular complexity index is 455. The Kier molecular flexibility index (Phi) is 12.4. The highest BCUT2D eigenvalue weighted by molar-refractivity contribution is 5.69. The highest BCUT2D eigenvalue weighted by Gasteiger charge is 2.18. The van der Waals surface area contributed by atoms with E-state index in [0.717, 1.165) is 39.0 Å². The summed E-state index contributed by atoms with van der Waals surface area (Å²) in [6.45, 7) is 18.0. The number of hydrogen-bond donors (Lipinski definition) is 0. The van der Waals surface area contributed by atoms with Crippen molar-refractivity contribution in [3.63, 3.8) is 0 Å². The van der Waals surface area contributed by atoms with Gasteiger partial charge in [0.1, 0.15) is 17.8 Å². The van der Waals surface area contributed by atoms with Crippen LogP contribution in [0.25, 0.3) is 0 Å². The minimum Gasteiger partial charge on any atom is -0.460 e. The summed E-state index contributed by atoms with van der Waals surface area (Å²) in [6, 6.07) is 0. The highest BCUT2D eigenvalue weighted by atomic mass is 16.7. The van der Waals surface area contributed by atoms with Crippen molar-refractivity contribution >= 4 is 12.1 Å². The summed E-state index contributed by atoms with van der Waals surface area (Å²) in [6.07, 6.45) is 1.66. The normalized spacial score (nSPS) is 12.4. The molecule has 0 saturated heterocycles. The van der Waals surface area contributed by atoms with Crippen molar-refractivity contribution in [1.82, 2.24) is 9.80 Å². The largest absolute Gasteiger partial charge is 0.508 e. The van der Waals surface area contributed by atoms with Gasteiger partial charge in [-0.05, 0) is 87.6 Å². The first-order valence-corrected chi connectivity index (χ1v) is 10.3. The lowest BCUT2D eigenvalue weighted by Gasteiger charge is -2.23. The van der Waals surface area contributed by atoms with E-state index in [9.17, 15) is 9.59 Å². The zero-order valence-electron chi connectivity index (χ0n) is 19.3. The molecule has 0 aliphatic rings. The number of ether oxygens (including phenoxy) is 3. The van der Waals surface area contributed by atoms with Crippen molar-refractivity contribution in [2.24, 2.45) is 0 Å². The third-order valence-electron chi connectivity index (χ3n) is 3.82. The Morgan fingerprint density at radius 1 is 0.821 bits per heavy atom. The molecule has 0 aromatic rings. The van der Waals surface area contributed by atoms with E-state index in [-0.39, 0.29) is 5.97 Å². The number of likely N-dealkylation sites (N-methyl/N-ethyl adjacent to an activating group) is 1. The second-order valence-electron chi connectivity index (χ2n) is 9.09. The lowest BCUT2D eigenvalue weighted by atomic mass is 10.2. The molecule has 0 amide bonds. The number of hydrogen-bond acceptors (Lipinski definition) is 7. The fourth-order valence-corrected chi connectivity index (χ4v) is 2.51. The maximum Gasteiger partial charge on any atom is 0.508 e. The van der Waals surface area contributed by atoms with E-state index in [1.54, 1.807) is 0 Å². The van der Waals surface area contributed by atoms with Crippen LogP contribution in [-0.2, 0) is 19.0 Å². The van der Waals surface area contributed by atoms with Crippen molar-refractivity contribution < 1.29 is 23.8 Å². The minimum atomic E-state index is -0.622. The van der Waals surface area contributed by atoms with E-state index in [1.165, 1.54) is 0 Å².